The van der Waals surface area contributed by atoms with E-state index >= 15 is 0 Å². The second-order valence-electron chi connectivity index (χ2n) is 6.10. The molecule has 0 aliphatic rings. The Kier molecular flexibility index (Phi) is 6.15. The molecule has 5 nitrogen and oxygen atoms in total. The van der Waals surface area contributed by atoms with Gasteiger partial charge in [-0.2, -0.15) is 0 Å². The number of carbonyl (C=O) groups is 1. The first kappa shape index (κ1) is 20.2. The van der Waals surface area contributed by atoms with Crippen LogP contribution in [0, 0.1) is 0 Å². The number of nitrogens with zero attached hydrogens (tertiary/aromatic N) is 1. The molecule has 0 spiro atoms. The van der Waals surface area contributed by atoms with Crippen LogP contribution in [0.4, 0.5) is 5.13 Å². The summed E-state index contributed by atoms with van der Waals surface area (Å²) in [4.78, 5) is 18.0. The molecular weight excluding hydrogens is 468 g/mol. The summed E-state index contributed by atoms with van der Waals surface area (Å²) in [5, 5.41) is 4.76. The number of hydrogen-bond acceptors (Lipinski definition) is 6. The summed E-state index contributed by atoms with van der Waals surface area (Å²) in [6.07, 6.45) is 0.154. The molecule has 0 saturated heterocycles. The summed E-state index contributed by atoms with van der Waals surface area (Å²) in [6.45, 7) is 3.29. The van der Waals surface area contributed by atoms with E-state index in [1.54, 1.807) is 49.4 Å². The summed E-state index contributed by atoms with van der Waals surface area (Å²) in [7, 11) is -3.30. The minimum absolute atomic E-state index is 0.154. The molecule has 0 aliphatic carbocycles. The van der Waals surface area contributed by atoms with Gasteiger partial charge in [0.25, 0.3) is 0 Å². The first-order valence-electron chi connectivity index (χ1n) is 8.09. The van der Waals surface area contributed by atoms with Crippen molar-refractivity contribution in [3.8, 4) is 10.6 Å². The smallest absolute Gasteiger partial charge is 0.230 e. The molecule has 2 aromatic heterocycles. The van der Waals surface area contributed by atoms with E-state index in [0.717, 1.165) is 19.9 Å². The molecule has 27 heavy (non-hydrogen) atoms. The van der Waals surface area contributed by atoms with Gasteiger partial charge in [-0.25, -0.2) is 13.4 Å². The number of nitrogens with one attached hydrogen (secondary N) is 1. The van der Waals surface area contributed by atoms with Gasteiger partial charge in [-0.15, -0.1) is 22.7 Å². The van der Waals surface area contributed by atoms with E-state index in [-0.39, 0.29) is 17.2 Å². The lowest BCUT2D eigenvalue weighted by atomic mass is 10.1. The van der Waals surface area contributed by atoms with Crippen LogP contribution in [-0.2, 0) is 21.1 Å². The molecule has 1 N–H and O–H groups in total. The third-order valence-electron chi connectivity index (χ3n) is 3.81. The van der Waals surface area contributed by atoms with Crippen molar-refractivity contribution in [2.75, 3.05) is 5.32 Å². The molecule has 1 aromatic carbocycles. The number of halogens is 1. The van der Waals surface area contributed by atoms with Crippen molar-refractivity contribution in [2.45, 2.75) is 30.4 Å². The molecule has 142 valence electrons. The third kappa shape index (κ3) is 4.84. The van der Waals surface area contributed by atoms with Crippen LogP contribution < -0.4 is 5.32 Å². The molecule has 0 aliphatic heterocycles. The highest BCUT2D eigenvalue weighted by Gasteiger charge is 2.19. The molecule has 2 heterocycles. The standard InChI is InChI=1S/C18H17BrN2O3S3/c1-11(2)27(23,24)13-5-3-12(4-6-13)9-17(22)21-18-20-14(10-25-18)15-7-8-16(19)26-15/h3-8,10-11H,9H2,1-2H3,(H,20,21,22). The van der Waals surface area contributed by atoms with E-state index in [1.807, 2.05) is 17.5 Å². The van der Waals surface area contributed by atoms with E-state index in [9.17, 15) is 13.2 Å². The maximum Gasteiger partial charge on any atom is 0.230 e. The Morgan fingerprint density at radius 3 is 2.48 bits per heavy atom. The predicted octanol–water partition coefficient (Wildman–Crippen LogP) is 5.00. The molecule has 0 fully saturated rings. The predicted molar refractivity (Wildman–Crippen MR) is 114 cm³/mol. The van der Waals surface area contributed by atoms with Gasteiger partial charge in [0.05, 0.1) is 30.9 Å². The molecule has 0 bridgehead atoms. The number of carbonyl (C=O) groups excluding carboxylic acids is 1. The van der Waals surface area contributed by atoms with Gasteiger partial charge in [0, 0.05) is 5.38 Å². The quantitative estimate of drug-likeness (QED) is 0.533. The maximum atomic E-state index is 12.3. The van der Waals surface area contributed by atoms with Crippen molar-refractivity contribution in [1.82, 2.24) is 4.98 Å². The lowest BCUT2D eigenvalue weighted by Gasteiger charge is -2.08. The van der Waals surface area contributed by atoms with Crippen molar-refractivity contribution in [3.05, 3.63) is 51.1 Å². The first-order chi connectivity index (χ1) is 12.8. The third-order valence-corrected chi connectivity index (χ3v) is 8.39. The summed E-state index contributed by atoms with van der Waals surface area (Å²) < 4.78 is 25.3. The number of thiazole rings is 1. The van der Waals surface area contributed by atoms with Gasteiger partial charge in [-0.1, -0.05) is 12.1 Å². The number of amides is 1. The van der Waals surface area contributed by atoms with Crippen LogP contribution >= 0.6 is 38.6 Å². The van der Waals surface area contributed by atoms with E-state index < -0.39 is 15.1 Å². The van der Waals surface area contributed by atoms with Gasteiger partial charge in [0.15, 0.2) is 15.0 Å². The summed E-state index contributed by atoms with van der Waals surface area (Å²) in [6, 6.07) is 10.4. The number of sulfone groups is 1. The normalized spacial score (nSPS) is 11.7. The SMILES string of the molecule is CC(C)S(=O)(=O)c1ccc(CC(=O)Nc2nc(-c3ccc(Br)s3)cs2)cc1. The highest BCUT2D eigenvalue weighted by molar-refractivity contribution is 9.11. The molecule has 0 saturated carbocycles. The Labute approximate surface area is 174 Å². The largest absolute Gasteiger partial charge is 0.302 e. The molecular formula is C18H17BrN2O3S3. The minimum Gasteiger partial charge on any atom is -0.302 e. The van der Waals surface area contributed by atoms with Gasteiger partial charge in [-0.05, 0) is 59.6 Å². The number of thiophene rings is 1. The van der Waals surface area contributed by atoms with Crippen LogP contribution in [0.2, 0.25) is 0 Å². The highest BCUT2D eigenvalue weighted by Crippen LogP contribution is 2.33. The fraction of sp³-hybridized carbons (Fsp3) is 0.222. The van der Waals surface area contributed by atoms with Gasteiger partial charge in [0.2, 0.25) is 5.91 Å². The van der Waals surface area contributed by atoms with Gasteiger partial charge < -0.3 is 5.32 Å². The van der Waals surface area contributed by atoms with Crippen LogP contribution in [0.5, 0.6) is 0 Å². The molecule has 0 radical (unpaired) electrons. The van der Waals surface area contributed by atoms with Crippen LogP contribution in [0.15, 0.2) is 50.5 Å². The molecule has 3 aromatic rings. The zero-order valence-electron chi connectivity index (χ0n) is 14.6. The Balaban J connectivity index is 1.64. The van der Waals surface area contributed by atoms with Crippen molar-refractivity contribution in [1.29, 1.82) is 0 Å². The summed E-state index contributed by atoms with van der Waals surface area (Å²) >= 11 is 6.38. The van der Waals surface area contributed by atoms with Crippen LogP contribution in [0.3, 0.4) is 0 Å². The lowest BCUT2D eigenvalue weighted by molar-refractivity contribution is -0.115. The average Bonchev–Trinajstić information content (AvgIpc) is 3.24. The Morgan fingerprint density at radius 2 is 1.89 bits per heavy atom. The second kappa shape index (κ2) is 8.22. The maximum absolute atomic E-state index is 12.3. The molecule has 0 atom stereocenters. The van der Waals surface area contributed by atoms with E-state index in [2.05, 4.69) is 26.2 Å². The fourth-order valence-electron chi connectivity index (χ4n) is 2.31. The lowest BCUT2D eigenvalue weighted by Crippen LogP contribution is -2.15. The average molecular weight is 485 g/mol. The Bertz CT molecular complexity index is 1050. The molecule has 9 heteroatoms. The number of anilines is 1. The topological polar surface area (TPSA) is 76.1 Å². The molecule has 3 rings (SSSR count). The van der Waals surface area contributed by atoms with Crippen LogP contribution in [0.1, 0.15) is 19.4 Å². The van der Waals surface area contributed by atoms with Crippen molar-refractivity contribution >= 4 is 59.5 Å². The Morgan fingerprint density at radius 1 is 1.19 bits per heavy atom. The summed E-state index contributed by atoms with van der Waals surface area (Å²) in [5.74, 6) is -0.192. The zero-order valence-corrected chi connectivity index (χ0v) is 18.6. The number of aromatic nitrogens is 1. The zero-order chi connectivity index (χ0) is 19.6. The van der Waals surface area contributed by atoms with Crippen molar-refractivity contribution < 1.29 is 13.2 Å². The summed E-state index contributed by atoms with van der Waals surface area (Å²) in [5.41, 5.74) is 1.57. The van der Waals surface area contributed by atoms with Crippen LogP contribution in [-0.4, -0.2) is 24.6 Å². The molecule has 0 unspecified atom stereocenters. The monoisotopic (exact) mass is 484 g/mol. The van der Waals surface area contributed by atoms with E-state index in [0.29, 0.717) is 5.13 Å². The fourth-order valence-corrected chi connectivity index (χ4v) is 5.52. The minimum atomic E-state index is -3.30. The highest BCUT2D eigenvalue weighted by atomic mass is 79.9. The number of hydrogen-bond donors (Lipinski definition) is 1. The molecule has 1 amide bonds. The first-order valence-corrected chi connectivity index (χ1v) is 12.1. The van der Waals surface area contributed by atoms with E-state index in [4.69, 9.17) is 0 Å². The van der Waals surface area contributed by atoms with Gasteiger partial charge >= 0.3 is 0 Å². The van der Waals surface area contributed by atoms with Gasteiger partial charge in [0.1, 0.15) is 0 Å². The van der Waals surface area contributed by atoms with Crippen molar-refractivity contribution in [2.24, 2.45) is 0 Å². The second-order valence-corrected chi connectivity index (χ2v) is 11.9. The van der Waals surface area contributed by atoms with Gasteiger partial charge in [-0.3, -0.25) is 4.79 Å². The number of rotatable bonds is 6. The number of benzene rings is 1. The Hall–Kier alpha value is -1.55. The van der Waals surface area contributed by atoms with E-state index in [1.165, 1.54) is 11.3 Å². The van der Waals surface area contributed by atoms with Crippen LogP contribution in [0.25, 0.3) is 10.6 Å². The van der Waals surface area contributed by atoms with Crippen molar-refractivity contribution in [3.63, 3.8) is 0 Å².